The molecule has 0 amide bonds. The standard InChI is InChI=1S/C12H11NO2S/c1-2-15-12(14)6-4-9-3-5-11-10(7-9)13-8-16-11/h3-8H,2H2,1H3. The molecule has 0 saturated carbocycles. The number of hydrogen-bond donors (Lipinski definition) is 0. The minimum Gasteiger partial charge on any atom is -0.463 e. The molecular formula is C12H11NO2S. The minimum absolute atomic E-state index is 0.319. The van der Waals surface area contributed by atoms with E-state index in [4.69, 9.17) is 4.74 Å². The second-order valence-electron chi connectivity index (χ2n) is 3.16. The fourth-order valence-electron chi connectivity index (χ4n) is 1.33. The summed E-state index contributed by atoms with van der Waals surface area (Å²) in [6.45, 7) is 2.18. The Balaban J connectivity index is 2.17. The smallest absolute Gasteiger partial charge is 0.330 e. The van der Waals surface area contributed by atoms with Crippen LogP contribution in [0.3, 0.4) is 0 Å². The molecule has 0 unspecified atom stereocenters. The topological polar surface area (TPSA) is 39.2 Å². The molecule has 3 nitrogen and oxygen atoms in total. The van der Waals surface area contributed by atoms with Gasteiger partial charge in [0, 0.05) is 6.08 Å². The van der Waals surface area contributed by atoms with Gasteiger partial charge < -0.3 is 4.74 Å². The Morgan fingerprint density at radius 1 is 1.56 bits per heavy atom. The van der Waals surface area contributed by atoms with E-state index in [-0.39, 0.29) is 5.97 Å². The summed E-state index contributed by atoms with van der Waals surface area (Å²) in [6.07, 6.45) is 3.16. The fourth-order valence-corrected chi connectivity index (χ4v) is 1.99. The van der Waals surface area contributed by atoms with Crippen LogP contribution in [0.15, 0.2) is 29.8 Å². The SMILES string of the molecule is CCOC(=O)C=Cc1ccc2scnc2c1. The number of rotatable bonds is 3. The third-order valence-corrected chi connectivity index (χ3v) is 2.86. The molecular weight excluding hydrogens is 222 g/mol. The molecule has 0 aliphatic heterocycles. The van der Waals surface area contributed by atoms with E-state index in [0.29, 0.717) is 6.61 Å². The van der Waals surface area contributed by atoms with Crippen LogP contribution in [-0.2, 0) is 9.53 Å². The van der Waals surface area contributed by atoms with Crippen LogP contribution in [0.4, 0.5) is 0 Å². The molecule has 0 bridgehead atoms. The van der Waals surface area contributed by atoms with Crippen LogP contribution in [0.5, 0.6) is 0 Å². The zero-order valence-corrected chi connectivity index (χ0v) is 9.66. The Labute approximate surface area is 97.4 Å². The van der Waals surface area contributed by atoms with Crippen LogP contribution in [-0.4, -0.2) is 17.6 Å². The summed E-state index contributed by atoms with van der Waals surface area (Å²) >= 11 is 1.60. The molecule has 4 heteroatoms. The third kappa shape index (κ3) is 2.46. The lowest BCUT2D eigenvalue weighted by Gasteiger charge is -1.95. The number of carbonyl (C=O) groups excluding carboxylic acids is 1. The van der Waals surface area contributed by atoms with Crippen molar-refractivity contribution in [2.45, 2.75) is 6.92 Å². The van der Waals surface area contributed by atoms with Crippen LogP contribution >= 0.6 is 11.3 Å². The molecule has 16 heavy (non-hydrogen) atoms. The largest absolute Gasteiger partial charge is 0.463 e. The quantitative estimate of drug-likeness (QED) is 0.604. The average molecular weight is 233 g/mol. The maximum absolute atomic E-state index is 11.1. The van der Waals surface area contributed by atoms with Crippen molar-refractivity contribution in [1.82, 2.24) is 4.98 Å². The van der Waals surface area contributed by atoms with E-state index >= 15 is 0 Å². The number of hydrogen-bond acceptors (Lipinski definition) is 4. The van der Waals surface area contributed by atoms with E-state index in [9.17, 15) is 4.79 Å². The Bertz CT molecular complexity index is 531. The first-order chi connectivity index (χ1) is 7.79. The second-order valence-corrected chi connectivity index (χ2v) is 4.05. The Hall–Kier alpha value is -1.68. The summed E-state index contributed by atoms with van der Waals surface area (Å²) in [5.74, 6) is -0.319. The lowest BCUT2D eigenvalue weighted by Crippen LogP contribution is -1.98. The summed E-state index contributed by atoms with van der Waals surface area (Å²) in [4.78, 5) is 15.3. The molecule has 0 radical (unpaired) electrons. The van der Waals surface area contributed by atoms with Crippen LogP contribution in [0.2, 0.25) is 0 Å². The Morgan fingerprint density at radius 3 is 3.25 bits per heavy atom. The highest BCUT2D eigenvalue weighted by atomic mass is 32.1. The van der Waals surface area contributed by atoms with Gasteiger partial charge in [-0.3, -0.25) is 0 Å². The summed E-state index contributed by atoms with van der Waals surface area (Å²) in [6, 6.07) is 5.90. The number of esters is 1. The van der Waals surface area contributed by atoms with Crippen LogP contribution in [0.25, 0.3) is 16.3 Å². The molecule has 1 heterocycles. The predicted octanol–water partition coefficient (Wildman–Crippen LogP) is 2.87. The summed E-state index contributed by atoms with van der Waals surface area (Å²) in [7, 11) is 0. The predicted molar refractivity (Wildman–Crippen MR) is 65.3 cm³/mol. The van der Waals surface area contributed by atoms with E-state index < -0.39 is 0 Å². The number of nitrogens with zero attached hydrogens (tertiary/aromatic N) is 1. The molecule has 0 fully saturated rings. The Kier molecular flexibility index (Phi) is 3.31. The van der Waals surface area contributed by atoms with Crippen molar-refractivity contribution in [3.8, 4) is 0 Å². The molecule has 2 aromatic rings. The van der Waals surface area contributed by atoms with E-state index in [2.05, 4.69) is 4.98 Å². The first-order valence-corrected chi connectivity index (χ1v) is 5.85. The van der Waals surface area contributed by atoms with Crippen molar-refractivity contribution in [1.29, 1.82) is 0 Å². The van der Waals surface area contributed by atoms with Gasteiger partial charge in [0.25, 0.3) is 0 Å². The van der Waals surface area contributed by atoms with Gasteiger partial charge in [0.2, 0.25) is 0 Å². The van der Waals surface area contributed by atoms with Crippen LogP contribution in [0, 0.1) is 0 Å². The van der Waals surface area contributed by atoms with Crippen molar-refractivity contribution < 1.29 is 9.53 Å². The third-order valence-electron chi connectivity index (χ3n) is 2.05. The van der Waals surface area contributed by atoms with Crippen molar-refractivity contribution in [3.05, 3.63) is 35.3 Å². The van der Waals surface area contributed by atoms with Gasteiger partial charge in [-0.15, -0.1) is 11.3 Å². The number of fused-ring (bicyclic) bond motifs is 1. The Morgan fingerprint density at radius 2 is 2.44 bits per heavy atom. The lowest BCUT2D eigenvalue weighted by atomic mass is 10.2. The summed E-state index contributed by atoms with van der Waals surface area (Å²) in [5, 5.41) is 0. The second kappa shape index (κ2) is 4.90. The van der Waals surface area contributed by atoms with Gasteiger partial charge in [0.1, 0.15) is 0 Å². The van der Waals surface area contributed by atoms with Gasteiger partial charge in [-0.2, -0.15) is 0 Å². The molecule has 0 aliphatic carbocycles. The molecule has 0 atom stereocenters. The van der Waals surface area contributed by atoms with Crippen LogP contribution in [0.1, 0.15) is 12.5 Å². The molecule has 0 N–H and O–H groups in total. The summed E-state index contributed by atoms with van der Waals surface area (Å²) in [5.41, 5.74) is 3.71. The maximum atomic E-state index is 11.1. The first kappa shape index (κ1) is 10.8. The zero-order valence-electron chi connectivity index (χ0n) is 8.84. The number of benzene rings is 1. The molecule has 0 saturated heterocycles. The molecule has 0 spiro atoms. The van der Waals surface area contributed by atoms with E-state index in [0.717, 1.165) is 15.8 Å². The molecule has 2 rings (SSSR count). The van der Waals surface area contributed by atoms with E-state index in [1.165, 1.54) is 6.08 Å². The maximum Gasteiger partial charge on any atom is 0.330 e. The van der Waals surface area contributed by atoms with Gasteiger partial charge in [0.05, 0.1) is 22.3 Å². The number of ether oxygens (including phenoxy) is 1. The zero-order chi connectivity index (χ0) is 11.4. The number of carbonyl (C=O) groups is 1. The van der Waals surface area contributed by atoms with Gasteiger partial charge >= 0.3 is 5.97 Å². The molecule has 0 aliphatic rings. The highest BCUT2D eigenvalue weighted by Crippen LogP contribution is 2.19. The summed E-state index contributed by atoms with van der Waals surface area (Å²) < 4.78 is 5.94. The van der Waals surface area contributed by atoms with Gasteiger partial charge in [-0.05, 0) is 30.7 Å². The molecule has 1 aromatic heterocycles. The molecule has 1 aromatic carbocycles. The normalized spacial score (nSPS) is 11.1. The number of thiazole rings is 1. The van der Waals surface area contributed by atoms with Gasteiger partial charge in [-0.25, -0.2) is 9.78 Å². The van der Waals surface area contributed by atoms with Crippen molar-refractivity contribution >= 4 is 33.6 Å². The van der Waals surface area contributed by atoms with Gasteiger partial charge in [-0.1, -0.05) is 6.07 Å². The van der Waals surface area contributed by atoms with Crippen molar-refractivity contribution in [3.63, 3.8) is 0 Å². The lowest BCUT2D eigenvalue weighted by molar-refractivity contribution is -0.137. The van der Waals surface area contributed by atoms with Crippen molar-refractivity contribution in [2.75, 3.05) is 6.61 Å². The van der Waals surface area contributed by atoms with Crippen LogP contribution < -0.4 is 0 Å². The highest BCUT2D eigenvalue weighted by Gasteiger charge is 1.97. The monoisotopic (exact) mass is 233 g/mol. The van der Waals surface area contributed by atoms with Crippen molar-refractivity contribution in [2.24, 2.45) is 0 Å². The van der Waals surface area contributed by atoms with E-state index in [1.54, 1.807) is 24.3 Å². The fraction of sp³-hybridized carbons (Fsp3) is 0.167. The van der Waals surface area contributed by atoms with E-state index in [1.807, 2.05) is 23.7 Å². The average Bonchev–Trinajstić information content (AvgIpc) is 2.74. The molecule has 82 valence electrons. The highest BCUT2D eigenvalue weighted by molar-refractivity contribution is 7.16. The number of aromatic nitrogens is 1. The first-order valence-electron chi connectivity index (χ1n) is 4.97. The van der Waals surface area contributed by atoms with Gasteiger partial charge in [0.15, 0.2) is 0 Å². The minimum atomic E-state index is -0.319.